The molecule has 0 aliphatic heterocycles. The number of aromatic nitrogens is 1. The molecule has 7 heteroatoms. The van der Waals surface area contributed by atoms with E-state index in [1.165, 1.54) is 31.2 Å². The minimum absolute atomic E-state index is 0.173. The van der Waals surface area contributed by atoms with E-state index in [1.807, 2.05) is 12.1 Å². The van der Waals surface area contributed by atoms with Gasteiger partial charge < -0.3 is 14.5 Å². The maximum atomic E-state index is 12.8. The first-order chi connectivity index (χ1) is 12.9. The molecule has 0 fully saturated rings. The van der Waals surface area contributed by atoms with Crippen LogP contribution in [0.3, 0.4) is 0 Å². The summed E-state index contributed by atoms with van der Waals surface area (Å²) in [6.45, 7) is 0.123. The number of para-hydroxylation sites is 2. The molecule has 1 N–H and O–H groups in total. The highest BCUT2D eigenvalue weighted by Crippen LogP contribution is 2.25. The van der Waals surface area contributed by atoms with Gasteiger partial charge in [0, 0.05) is 22.2 Å². The predicted octanol–water partition coefficient (Wildman–Crippen LogP) is 4.51. The molecule has 0 aliphatic carbocycles. The predicted molar refractivity (Wildman–Crippen MR) is 95.3 cm³/mol. The molecule has 1 atom stereocenters. The molecule has 0 amide bonds. The molecule has 1 heterocycles. The summed E-state index contributed by atoms with van der Waals surface area (Å²) in [5.41, 5.74) is 1.72. The number of ether oxygens (including phenoxy) is 2. The number of esters is 1. The molecule has 0 spiro atoms. The van der Waals surface area contributed by atoms with E-state index in [-0.39, 0.29) is 17.1 Å². The van der Waals surface area contributed by atoms with Crippen LogP contribution in [-0.4, -0.2) is 29.5 Å². The first-order valence-electron chi connectivity index (χ1n) is 8.25. The van der Waals surface area contributed by atoms with Crippen molar-refractivity contribution in [2.24, 2.45) is 0 Å². The maximum Gasteiger partial charge on any atom is 0.387 e. The molecule has 5 nitrogen and oxygen atoms in total. The summed E-state index contributed by atoms with van der Waals surface area (Å²) < 4.78 is 34.6. The smallest absolute Gasteiger partial charge is 0.387 e. The lowest BCUT2D eigenvalue weighted by molar-refractivity contribution is -0.0505. The zero-order valence-corrected chi connectivity index (χ0v) is 14.7. The molecular weight excluding hydrogens is 356 g/mol. The van der Waals surface area contributed by atoms with Crippen molar-refractivity contribution in [2.75, 3.05) is 0 Å². The number of hydrogen-bond donors (Lipinski definition) is 1. The Morgan fingerprint density at radius 1 is 1.04 bits per heavy atom. The van der Waals surface area contributed by atoms with Crippen molar-refractivity contribution in [3.05, 3.63) is 65.4 Å². The summed E-state index contributed by atoms with van der Waals surface area (Å²) in [6.07, 6.45) is -1.10. The molecule has 0 aliphatic rings. The fourth-order valence-corrected chi connectivity index (χ4v) is 2.91. The van der Waals surface area contributed by atoms with Crippen molar-refractivity contribution in [3.8, 4) is 5.75 Å². The zero-order chi connectivity index (χ0) is 19.6. The Kier molecular flexibility index (Phi) is 5.21. The maximum absolute atomic E-state index is 12.8. The van der Waals surface area contributed by atoms with Crippen LogP contribution in [0.25, 0.3) is 10.9 Å². The van der Waals surface area contributed by atoms with Crippen molar-refractivity contribution >= 4 is 22.7 Å². The van der Waals surface area contributed by atoms with E-state index in [0.29, 0.717) is 11.3 Å². The molecule has 3 aromatic rings. The van der Waals surface area contributed by atoms with Gasteiger partial charge in [0.25, 0.3) is 0 Å². The van der Waals surface area contributed by atoms with Gasteiger partial charge in [-0.2, -0.15) is 8.78 Å². The molecule has 0 bridgehead atoms. The van der Waals surface area contributed by atoms with Crippen LogP contribution in [0.2, 0.25) is 0 Å². The third-order valence-corrected chi connectivity index (χ3v) is 4.12. The number of aromatic amines is 1. The van der Waals surface area contributed by atoms with E-state index in [2.05, 4.69) is 9.72 Å². The van der Waals surface area contributed by atoms with Gasteiger partial charge in [-0.15, -0.1) is 0 Å². The van der Waals surface area contributed by atoms with Crippen molar-refractivity contribution in [1.82, 2.24) is 4.98 Å². The Balaban J connectivity index is 1.83. The standard InChI is InChI=1S/C20H17F2NO4/c1-11-17(13-7-3-5-9-15(13)23-11)18(24)12(2)26-19(25)14-8-4-6-10-16(14)27-20(21)22/h3-10,12,20,23H,1-2H3/t12-/m0/s1. The number of halogens is 2. The van der Waals surface area contributed by atoms with Crippen LogP contribution in [0.1, 0.15) is 33.3 Å². The third kappa shape index (κ3) is 3.81. The van der Waals surface area contributed by atoms with E-state index in [4.69, 9.17) is 4.74 Å². The summed E-state index contributed by atoms with van der Waals surface area (Å²) >= 11 is 0. The molecule has 0 unspecified atom stereocenters. The van der Waals surface area contributed by atoms with E-state index >= 15 is 0 Å². The minimum Gasteiger partial charge on any atom is -0.451 e. The summed E-state index contributed by atoms with van der Waals surface area (Å²) in [5.74, 6) is -1.60. The van der Waals surface area contributed by atoms with Crippen LogP contribution in [0, 0.1) is 6.92 Å². The second-order valence-electron chi connectivity index (χ2n) is 5.96. The van der Waals surface area contributed by atoms with E-state index in [9.17, 15) is 18.4 Å². The average molecular weight is 373 g/mol. The highest BCUT2D eigenvalue weighted by Gasteiger charge is 2.26. The van der Waals surface area contributed by atoms with Gasteiger partial charge in [-0.25, -0.2) is 4.79 Å². The van der Waals surface area contributed by atoms with E-state index in [1.54, 1.807) is 19.1 Å². The number of fused-ring (bicyclic) bond motifs is 1. The van der Waals surface area contributed by atoms with E-state index in [0.717, 1.165) is 10.9 Å². The van der Waals surface area contributed by atoms with Gasteiger partial charge in [-0.3, -0.25) is 4.79 Å². The average Bonchev–Trinajstić information content (AvgIpc) is 2.96. The number of ketones is 1. The van der Waals surface area contributed by atoms with Gasteiger partial charge in [-0.1, -0.05) is 30.3 Å². The number of hydrogen-bond acceptors (Lipinski definition) is 4. The minimum atomic E-state index is -3.08. The molecule has 27 heavy (non-hydrogen) atoms. The zero-order valence-electron chi connectivity index (χ0n) is 14.7. The molecular formula is C20H17F2NO4. The quantitative estimate of drug-likeness (QED) is 0.510. The number of aryl methyl sites for hydroxylation is 1. The number of nitrogens with one attached hydrogen (secondary N) is 1. The second kappa shape index (κ2) is 7.57. The Labute approximate surface area is 153 Å². The third-order valence-electron chi connectivity index (χ3n) is 4.12. The number of carbonyl (C=O) groups is 2. The summed E-state index contributed by atoms with van der Waals surface area (Å²) in [7, 11) is 0. The number of alkyl halides is 2. The second-order valence-corrected chi connectivity index (χ2v) is 5.96. The summed E-state index contributed by atoms with van der Waals surface area (Å²) in [6, 6.07) is 12.8. The van der Waals surface area contributed by atoms with Crippen LogP contribution in [0.4, 0.5) is 8.78 Å². The monoisotopic (exact) mass is 373 g/mol. The topological polar surface area (TPSA) is 68.4 Å². The number of H-pyrrole nitrogens is 1. The molecule has 0 radical (unpaired) electrons. The molecule has 1 aromatic heterocycles. The Morgan fingerprint density at radius 3 is 2.44 bits per heavy atom. The molecule has 3 rings (SSSR count). The Bertz CT molecular complexity index is 997. The Morgan fingerprint density at radius 2 is 1.70 bits per heavy atom. The van der Waals surface area contributed by atoms with Gasteiger partial charge in [0.15, 0.2) is 6.10 Å². The lowest BCUT2D eigenvalue weighted by Crippen LogP contribution is -2.25. The van der Waals surface area contributed by atoms with Crippen LogP contribution in [0.5, 0.6) is 5.75 Å². The molecule has 0 saturated carbocycles. The van der Waals surface area contributed by atoms with Gasteiger partial charge in [-0.05, 0) is 32.0 Å². The Hall–Kier alpha value is -3.22. The highest BCUT2D eigenvalue weighted by atomic mass is 19.3. The van der Waals surface area contributed by atoms with Gasteiger partial charge in [0.05, 0.1) is 0 Å². The van der Waals surface area contributed by atoms with Crippen LogP contribution in [-0.2, 0) is 4.74 Å². The lowest BCUT2D eigenvalue weighted by atomic mass is 10.0. The SMILES string of the molecule is Cc1[nH]c2ccccc2c1C(=O)[C@H](C)OC(=O)c1ccccc1OC(F)F. The summed E-state index contributed by atoms with van der Waals surface area (Å²) in [4.78, 5) is 28.3. The van der Waals surface area contributed by atoms with Crippen LogP contribution in [0.15, 0.2) is 48.5 Å². The fourth-order valence-electron chi connectivity index (χ4n) is 2.91. The van der Waals surface area contributed by atoms with Crippen molar-refractivity contribution in [2.45, 2.75) is 26.6 Å². The highest BCUT2D eigenvalue weighted by molar-refractivity contribution is 6.11. The lowest BCUT2D eigenvalue weighted by Gasteiger charge is -2.14. The molecule has 140 valence electrons. The first kappa shape index (κ1) is 18.6. The molecule has 0 saturated heterocycles. The number of Topliss-reactive ketones (excluding diaryl/α,β-unsaturated/α-hetero) is 1. The van der Waals surface area contributed by atoms with E-state index < -0.39 is 18.7 Å². The van der Waals surface area contributed by atoms with Crippen LogP contribution < -0.4 is 4.74 Å². The number of benzene rings is 2. The van der Waals surface area contributed by atoms with Gasteiger partial charge in [0.1, 0.15) is 11.3 Å². The van der Waals surface area contributed by atoms with Crippen molar-refractivity contribution < 1.29 is 27.8 Å². The first-order valence-corrected chi connectivity index (χ1v) is 8.25. The van der Waals surface area contributed by atoms with Gasteiger partial charge in [0.2, 0.25) is 5.78 Å². The van der Waals surface area contributed by atoms with Crippen molar-refractivity contribution in [1.29, 1.82) is 0 Å². The number of rotatable bonds is 6. The van der Waals surface area contributed by atoms with Gasteiger partial charge >= 0.3 is 12.6 Å². The van der Waals surface area contributed by atoms with Crippen molar-refractivity contribution in [3.63, 3.8) is 0 Å². The largest absolute Gasteiger partial charge is 0.451 e. The normalized spacial score (nSPS) is 12.2. The molecule has 2 aromatic carbocycles. The summed E-state index contributed by atoms with van der Waals surface area (Å²) in [5, 5.41) is 0.726. The fraction of sp³-hybridized carbons (Fsp3) is 0.200. The number of carbonyl (C=O) groups excluding carboxylic acids is 2. The van der Waals surface area contributed by atoms with Crippen LogP contribution >= 0.6 is 0 Å².